The highest BCUT2D eigenvalue weighted by atomic mass is 19.1. The fourth-order valence-electron chi connectivity index (χ4n) is 4.07. The molecule has 0 saturated heterocycles. The van der Waals surface area contributed by atoms with Crippen LogP contribution in [0.1, 0.15) is 30.0 Å². The molecule has 0 aliphatic carbocycles. The van der Waals surface area contributed by atoms with Crippen LogP contribution in [0.4, 0.5) is 4.39 Å². The summed E-state index contributed by atoms with van der Waals surface area (Å²) in [5.74, 6) is -0.804. The van der Waals surface area contributed by atoms with Crippen molar-refractivity contribution < 1.29 is 18.8 Å². The van der Waals surface area contributed by atoms with Crippen molar-refractivity contribution in [2.24, 2.45) is 0 Å². The van der Waals surface area contributed by atoms with E-state index in [4.69, 9.17) is 14.9 Å². The van der Waals surface area contributed by atoms with E-state index < -0.39 is 11.8 Å². The van der Waals surface area contributed by atoms with Gasteiger partial charge in [0.05, 0.1) is 12.0 Å². The summed E-state index contributed by atoms with van der Waals surface area (Å²) in [5.41, 5.74) is 3.20. The first-order valence-corrected chi connectivity index (χ1v) is 9.42. The summed E-state index contributed by atoms with van der Waals surface area (Å²) < 4.78 is 21.0. The Bertz CT molecular complexity index is 1350. The number of hydrogen-bond donors (Lipinski definition) is 1. The van der Waals surface area contributed by atoms with Crippen molar-refractivity contribution in [1.29, 1.82) is 5.26 Å². The molecule has 3 heterocycles. The van der Waals surface area contributed by atoms with Crippen molar-refractivity contribution in [3.63, 3.8) is 0 Å². The maximum Gasteiger partial charge on any atom is 0.304 e. The first kappa shape index (κ1) is 18.1. The lowest BCUT2D eigenvalue weighted by molar-refractivity contribution is -0.137. The van der Waals surface area contributed by atoms with Crippen LogP contribution in [-0.4, -0.2) is 25.8 Å². The molecule has 1 aliphatic heterocycles. The van der Waals surface area contributed by atoms with E-state index in [0.717, 1.165) is 35.1 Å². The molecule has 1 unspecified atom stereocenters. The van der Waals surface area contributed by atoms with Gasteiger partial charge in [0.1, 0.15) is 11.9 Å². The summed E-state index contributed by atoms with van der Waals surface area (Å²) in [6, 6.07) is 13.7. The number of rotatable bonds is 4. The van der Waals surface area contributed by atoms with E-state index in [0.29, 0.717) is 11.4 Å². The second kappa shape index (κ2) is 6.81. The zero-order chi connectivity index (χ0) is 20.8. The van der Waals surface area contributed by atoms with Crippen molar-refractivity contribution in [1.82, 2.24) is 14.7 Å². The second-order valence-corrected chi connectivity index (χ2v) is 7.31. The fourth-order valence-corrected chi connectivity index (χ4v) is 4.07. The molecule has 4 aromatic rings. The van der Waals surface area contributed by atoms with Crippen molar-refractivity contribution in [3.8, 4) is 28.9 Å². The minimum Gasteiger partial charge on any atom is -0.481 e. The molecule has 0 bridgehead atoms. The van der Waals surface area contributed by atoms with Gasteiger partial charge in [0, 0.05) is 40.2 Å². The summed E-state index contributed by atoms with van der Waals surface area (Å²) in [7, 11) is 0. The molecule has 0 radical (unpaired) electrons. The molecule has 1 N–H and O–H groups in total. The van der Waals surface area contributed by atoms with Crippen LogP contribution >= 0.6 is 0 Å². The first-order chi connectivity index (χ1) is 14.5. The van der Waals surface area contributed by atoms with Crippen molar-refractivity contribution in [3.05, 3.63) is 59.5 Å². The van der Waals surface area contributed by atoms with Gasteiger partial charge in [-0.05, 0) is 48.9 Å². The van der Waals surface area contributed by atoms with Crippen molar-refractivity contribution in [2.45, 2.75) is 25.3 Å². The van der Waals surface area contributed by atoms with Gasteiger partial charge >= 0.3 is 5.97 Å². The Kier molecular flexibility index (Phi) is 4.10. The number of hydrogen-bond acceptors (Lipinski definition) is 5. The average molecular weight is 402 g/mol. The predicted molar refractivity (Wildman–Crippen MR) is 105 cm³/mol. The molecule has 0 amide bonds. The van der Waals surface area contributed by atoms with Crippen molar-refractivity contribution in [2.75, 3.05) is 0 Å². The number of benzene rings is 2. The first-order valence-electron chi connectivity index (χ1n) is 9.42. The number of halogens is 1. The summed E-state index contributed by atoms with van der Waals surface area (Å²) in [6.45, 7) is 0.800. The van der Waals surface area contributed by atoms with E-state index in [1.807, 2.05) is 24.3 Å². The summed E-state index contributed by atoms with van der Waals surface area (Å²) in [6.07, 6.45) is 0.954. The van der Waals surface area contributed by atoms with Crippen LogP contribution < -0.4 is 0 Å². The van der Waals surface area contributed by atoms with Gasteiger partial charge in [-0.15, -0.1) is 0 Å². The minimum atomic E-state index is -0.793. The topological polar surface area (TPSA) is 105 Å². The lowest BCUT2D eigenvalue weighted by Gasteiger charge is -2.04. The molecular formula is C22H15FN4O3. The quantitative estimate of drug-likeness (QED) is 0.545. The van der Waals surface area contributed by atoms with Gasteiger partial charge in [-0.3, -0.25) is 4.79 Å². The number of carbonyl (C=O) groups is 1. The van der Waals surface area contributed by atoms with Crippen LogP contribution in [0.5, 0.6) is 0 Å². The van der Waals surface area contributed by atoms with E-state index in [1.54, 1.807) is 6.07 Å². The zero-order valence-electron chi connectivity index (χ0n) is 15.7. The Morgan fingerprint density at radius 2 is 2.10 bits per heavy atom. The Balaban J connectivity index is 1.49. The number of aliphatic carboxylic acids is 1. The summed E-state index contributed by atoms with van der Waals surface area (Å²) >= 11 is 0. The number of aryl methyl sites for hydroxylation is 1. The van der Waals surface area contributed by atoms with Gasteiger partial charge in [-0.1, -0.05) is 5.16 Å². The van der Waals surface area contributed by atoms with E-state index in [-0.39, 0.29) is 23.8 Å². The van der Waals surface area contributed by atoms with Crippen LogP contribution in [-0.2, 0) is 11.3 Å². The van der Waals surface area contributed by atoms with Gasteiger partial charge in [-0.2, -0.15) is 10.2 Å². The van der Waals surface area contributed by atoms with Crippen LogP contribution in [0.25, 0.3) is 33.7 Å². The highest BCUT2D eigenvalue weighted by molar-refractivity contribution is 5.86. The number of aromatic nitrogens is 3. The van der Waals surface area contributed by atoms with Gasteiger partial charge in [0.15, 0.2) is 0 Å². The third-order valence-electron chi connectivity index (χ3n) is 5.49. The molecule has 7 nitrogen and oxygen atoms in total. The monoisotopic (exact) mass is 402 g/mol. The van der Waals surface area contributed by atoms with E-state index in [9.17, 15) is 9.18 Å². The molecule has 0 fully saturated rings. The molecule has 2 aromatic heterocycles. The maximum atomic E-state index is 13.5. The molecule has 148 valence electrons. The number of carboxylic acids is 1. The molecule has 30 heavy (non-hydrogen) atoms. The number of carboxylic acid groups (broad SMARTS) is 1. The number of fused-ring (bicyclic) bond motifs is 3. The van der Waals surface area contributed by atoms with Crippen LogP contribution in [0, 0.1) is 17.1 Å². The minimum absolute atomic E-state index is 0.0166. The van der Waals surface area contributed by atoms with E-state index >= 15 is 0 Å². The Morgan fingerprint density at radius 3 is 2.90 bits per heavy atom. The third kappa shape index (κ3) is 2.92. The summed E-state index contributed by atoms with van der Waals surface area (Å²) in [4.78, 5) is 15.5. The largest absolute Gasteiger partial charge is 0.481 e. The van der Waals surface area contributed by atoms with Crippen LogP contribution in [0.2, 0.25) is 0 Å². The summed E-state index contributed by atoms with van der Waals surface area (Å²) in [5, 5.41) is 23.1. The lowest BCUT2D eigenvalue weighted by Crippen LogP contribution is -2.02. The van der Waals surface area contributed by atoms with Crippen LogP contribution in [0.15, 0.2) is 47.0 Å². The van der Waals surface area contributed by atoms with E-state index in [1.165, 1.54) is 18.2 Å². The Hall–Kier alpha value is -3.99. The SMILES string of the molecule is N#Cc1cc(-c2nc(-c3ccc4c(c3)cc3n4CCC3CC(=O)O)no2)ccc1F. The molecule has 1 atom stereocenters. The van der Waals surface area contributed by atoms with Crippen molar-refractivity contribution >= 4 is 16.9 Å². The third-order valence-corrected chi connectivity index (χ3v) is 5.49. The predicted octanol–water partition coefficient (Wildman–Crippen LogP) is 4.33. The second-order valence-electron chi connectivity index (χ2n) is 7.31. The standard InChI is InChI=1S/C22H15FN4O3/c23-17-3-1-14(8-16(17)11-24)22-25-21(26-30-22)13-2-4-18-15(7-13)9-19-12(10-20(28)29)5-6-27(18)19/h1-4,7-9,12H,5-6,10H2,(H,28,29). The molecule has 2 aromatic carbocycles. The highest BCUT2D eigenvalue weighted by Crippen LogP contribution is 2.37. The number of nitrogens with zero attached hydrogens (tertiary/aromatic N) is 4. The Morgan fingerprint density at radius 1 is 1.27 bits per heavy atom. The average Bonchev–Trinajstić information content (AvgIpc) is 3.44. The molecule has 0 spiro atoms. The van der Waals surface area contributed by atoms with Gasteiger partial charge < -0.3 is 14.2 Å². The normalized spacial score (nSPS) is 15.3. The fraction of sp³-hybridized carbons (Fsp3) is 0.182. The maximum absolute atomic E-state index is 13.5. The molecule has 0 saturated carbocycles. The van der Waals surface area contributed by atoms with E-state index in [2.05, 4.69) is 14.7 Å². The molecule has 5 rings (SSSR count). The lowest BCUT2D eigenvalue weighted by atomic mass is 10.0. The Labute approximate surface area is 170 Å². The molecular weight excluding hydrogens is 387 g/mol. The smallest absolute Gasteiger partial charge is 0.304 e. The van der Waals surface area contributed by atoms with Crippen LogP contribution in [0.3, 0.4) is 0 Å². The van der Waals surface area contributed by atoms with Gasteiger partial charge in [-0.25, -0.2) is 4.39 Å². The number of nitriles is 1. The van der Waals surface area contributed by atoms with Gasteiger partial charge in [0.25, 0.3) is 5.89 Å². The highest BCUT2D eigenvalue weighted by Gasteiger charge is 2.27. The molecule has 1 aliphatic rings. The zero-order valence-corrected chi connectivity index (χ0v) is 15.7. The van der Waals surface area contributed by atoms with Gasteiger partial charge in [0.2, 0.25) is 5.82 Å². The molecule has 8 heteroatoms.